The summed E-state index contributed by atoms with van der Waals surface area (Å²) in [7, 11) is 1.55. The fourth-order valence-electron chi connectivity index (χ4n) is 5.29. The minimum Gasteiger partial charge on any atom is -0.387 e. The summed E-state index contributed by atoms with van der Waals surface area (Å²) in [5.41, 5.74) is 0. The Labute approximate surface area is 290 Å². The third kappa shape index (κ3) is 33.3. The number of nitrogens with one attached hydrogen (secondary N) is 1. The Hall–Kier alpha value is -1.02. The molecule has 0 rings (SSSR count). The molecule has 0 aromatic rings. The van der Waals surface area contributed by atoms with Crippen LogP contribution in [0.5, 0.6) is 0 Å². The summed E-state index contributed by atoms with van der Waals surface area (Å²) in [6.45, 7) is 4.75. The van der Waals surface area contributed by atoms with E-state index in [-0.39, 0.29) is 19.1 Å². The Morgan fingerprint density at radius 1 is 0.702 bits per heavy atom. The second kappa shape index (κ2) is 31.0. The molecule has 47 heavy (non-hydrogen) atoms. The van der Waals surface area contributed by atoms with Gasteiger partial charge in [-0.3, -0.25) is 13.8 Å². The van der Waals surface area contributed by atoms with Gasteiger partial charge in [-0.1, -0.05) is 147 Å². The van der Waals surface area contributed by atoms with E-state index >= 15 is 0 Å². The van der Waals surface area contributed by atoms with Gasteiger partial charge in [-0.2, -0.15) is 0 Å². The van der Waals surface area contributed by atoms with Crippen LogP contribution >= 0.6 is 7.82 Å². The van der Waals surface area contributed by atoms with Gasteiger partial charge >= 0.3 is 7.82 Å². The number of allylic oxidation sites excluding steroid dienone is 3. The van der Waals surface area contributed by atoms with Crippen LogP contribution in [0, 0.1) is 0 Å². The predicted molar refractivity (Wildman–Crippen MR) is 198 cm³/mol. The SMILES string of the molecule is CCCCCCCCCCCC/C=C/CC/C=C/[C@H](O)[C@@H](COP(=O)(O)OCC[N+](C)(C)C)NC(=O)CCCCCCCCCCC. The van der Waals surface area contributed by atoms with Gasteiger partial charge in [-0.15, -0.1) is 0 Å². The monoisotopic (exact) mass is 688 g/mol. The Morgan fingerprint density at radius 3 is 1.70 bits per heavy atom. The van der Waals surface area contributed by atoms with Gasteiger partial charge in [0.15, 0.2) is 0 Å². The van der Waals surface area contributed by atoms with Crippen molar-refractivity contribution in [1.82, 2.24) is 5.32 Å². The van der Waals surface area contributed by atoms with E-state index < -0.39 is 20.0 Å². The molecule has 0 bridgehead atoms. The number of phosphoric acid groups is 1. The molecule has 0 aromatic heterocycles. The normalized spacial score (nSPS) is 15.0. The van der Waals surface area contributed by atoms with Gasteiger partial charge in [0.05, 0.1) is 39.9 Å². The molecule has 278 valence electrons. The number of carbonyl (C=O) groups excluding carboxylic acids is 1. The Morgan fingerprint density at radius 2 is 1.17 bits per heavy atom. The average molecular weight is 688 g/mol. The molecule has 0 heterocycles. The molecule has 3 N–H and O–H groups in total. The first kappa shape index (κ1) is 46.0. The first-order chi connectivity index (χ1) is 22.5. The van der Waals surface area contributed by atoms with Crippen LogP contribution in [-0.2, 0) is 18.4 Å². The number of nitrogens with zero attached hydrogens (tertiary/aromatic N) is 1. The second-order valence-electron chi connectivity index (χ2n) is 14.3. The summed E-state index contributed by atoms with van der Waals surface area (Å²) in [6, 6.07) is -0.855. The number of carbonyl (C=O) groups is 1. The number of hydrogen-bond donors (Lipinski definition) is 3. The van der Waals surface area contributed by atoms with Gasteiger partial charge in [0.2, 0.25) is 5.91 Å². The Bertz CT molecular complexity index is 829. The van der Waals surface area contributed by atoms with Crippen molar-refractivity contribution in [3.63, 3.8) is 0 Å². The maximum Gasteiger partial charge on any atom is 0.472 e. The number of aliphatic hydroxyl groups excluding tert-OH is 1. The standard InChI is InChI=1S/C38H75N2O6P/c1-6-8-10-12-14-16-17-18-19-20-21-22-24-25-27-29-31-37(41)36(35-46-47(43,44)45-34-33-40(3,4)5)39-38(42)32-30-28-26-23-15-13-11-9-7-2/h22,24,29,31,36-37,41H,6-21,23,25-28,30,32-35H2,1-5H3,(H-,39,42,43,44)/p+1/b24-22+,31-29+/t36-,37+/m1/s1. The molecule has 8 nitrogen and oxygen atoms in total. The summed E-state index contributed by atoms with van der Waals surface area (Å²) in [5.74, 6) is -0.192. The molecule has 0 radical (unpaired) electrons. The molecule has 0 aromatic carbocycles. The number of amides is 1. The van der Waals surface area contributed by atoms with Gasteiger partial charge < -0.3 is 19.8 Å². The molecule has 0 saturated heterocycles. The molecule has 0 fully saturated rings. The van der Waals surface area contributed by atoms with Crippen molar-refractivity contribution >= 4 is 13.7 Å². The van der Waals surface area contributed by atoms with E-state index in [1.54, 1.807) is 6.08 Å². The van der Waals surface area contributed by atoms with Crippen molar-refractivity contribution in [3.8, 4) is 0 Å². The first-order valence-corrected chi connectivity index (χ1v) is 20.7. The third-order valence-electron chi connectivity index (χ3n) is 8.42. The van der Waals surface area contributed by atoms with Crippen molar-refractivity contribution in [2.45, 2.75) is 174 Å². The van der Waals surface area contributed by atoms with Gasteiger partial charge in [0, 0.05) is 6.42 Å². The highest BCUT2D eigenvalue weighted by Crippen LogP contribution is 2.43. The molecule has 0 aliphatic carbocycles. The van der Waals surface area contributed by atoms with Crippen molar-refractivity contribution in [2.75, 3.05) is 40.9 Å². The number of likely N-dealkylation sites (N-methyl/N-ethyl adjacent to an activating group) is 1. The minimum atomic E-state index is -4.33. The van der Waals surface area contributed by atoms with E-state index in [9.17, 15) is 19.4 Å². The number of hydrogen-bond acceptors (Lipinski definition) is 5. The van der Waals surface area contributed by atoms with Crippen LogP contribution in [0.3, 0.4) is 0 Å². The third-order valence-corrected chi connectivity index (χ3v) is 9.41. The Kier molecular flexibility index (Phi) is 30.3. The van der Waals surface area contributed by atoms with E-state index in [0.29, 0.717) is 17.4 Å². The van der Waals surface area contributed by atoms with E-state index in [1.165, 1.54) is 103 Å². The number of rotatable bonds is 34. The number of unbranched alkanes of at least 4 members (excludes halogenated alkanes) is 19. The van der Waals surface area contributed by atoms with E-state index in [0.717, 1.165) is 38.5 Å². The summed E-state index contributed by atoms with van der Waals surface area (Å²) < 4.78 is 23.4. The first-order valence-electron chi connectivity index (χ1n) is 19.2. The van der Waals surface area contributed by atoms with Crippen molar-refractivity contribution < 1.29 is 32.9 Å². The smallest absolute Gasteiger partial charge is 0.387 e. The van der Waals surface area contributed by atoms with Crippen molar-refractivity contribution in [3.05, 3.63) is 24.3 Å². The second-order valence-corrected chi connectivity index (χ2v) is 15.8. The van der Waals surface area contributed by atoms with Crippen LogP contribution in [0.1, 0.15) is 162 Å². The zero-order valence-electron chi connectivity index (χ0n) is 31.3. The van der Waals surface area contributed by atoms with Gasteiger partial charge in [-0.05, 0) is 32.1 Å². The van der Waals surface area contributed by atoms with Crippen molar-refractivity contribution in [2.24, 2.45) is 0 Å². The lowest BCUT2D eigenvalue weighted by Crippen LogP contribution is -2.45. The van der Waals surface area contributed by atoms with Crippen LogP contribution in [0.25, 0.3) is 0 Å². The number of phosphoric ester groups is 1. The quantitative estimate of drug-likeness (QED) is 0.0269. The lowest BCUT2D eigenvalue weighted by atomic mass is 10.1. The lowest BCUT2D eigenvalue weighted by Gasteiger charge is -2.25. The van der Waals surface area contributed by atoms with E-state index in [4.69, 9.17) is 9.05 Å². The molecule has 0 saturated carbocycles. The highest BCUT2D eigenvalue weighted by molar-refractivity contribution is 7.47. The summed E-state index contributed by atoms with van der Waals surface area (Å²) >= 11 is 0. The maximum atomic E-state index is 12.7. The van der Waals surface area contributed by atoms with Gasteiger partial charge in [-0.25, -0.2) is 4.57 Å². The van der Waals surface area contributed by atoms with Crippen LogP contribution in [0.4, 0.5) is 0 Å². The van der Waals surface area contributed by atoms with Crippen LogP contribution in [-0.4, -0.2) is 73.4 Å². The van der Waals surface area contributed by atoms with Gasteiger partial charge in [0.1, 0.15) is 13.2 Å². The fraction of sp³-hybridized carbons (Fsp3) is 0.868. The molecule has 0 aliphatic heterocycles. The van der Waals surface area contributed by atoms with Gasteiger partial charge in [0.25, 0.3) is 0 Å². The van der Waals surface area contributed by atoms with Crippen LogP contribution < -0.4 is 5.32 Å². The molecule has 9 heteroatoms. The molecular weight excluding hydrogens is 611 g/mol. The number of aliphatic hydroxyl groups is 1. The molecular formula is C38H76N2O6P+. The molecule has 1 unspecified atom stereocenters. The molecule has 0 spiro atoms. The number of quaternary nitrogens is 1. The largest absolute Gasteiger partial charge is 0.472 e. The molecule has 3 atom stereocenters. The molecule has 0 aliphatic rings. The average Bonchev–Trinajstić information content (AvgIpc) is 3.01. The van der Waals surface area contributed by atoms with Crippen molar-refractivity contribution in [1.29, 1.82) is 0 Å². The minimum absolute atomic E-state index is 0.0576. The fourth-order valence-corrected chi connectivity index (χ4v) is 6.03. The molecule has 1 amide bonds. The lowest BCUT2D eigenvalue weighted by molar-refractivity contribution is -0.870. The predicted octanol–water partition coefficient (Wildman–Crippen LogP) is 9.80. The highest BCUT2D eigenvalue weighted by atomic mass is 31.2. The maximum absolute atomic E-state index is 12.7. The highest BCUT2D eigenvalue weighted by Gasteiger charge is 2.27. The Balaban J connectivity index is 4.56. The summed E-state index contributed by atoms with van der Waals surface area (Å²) in [5, 5.41) is 13.7. The van der Waals surface area contributed by atoms with E-state index in [2.05, 4.69) is 31.3 Å². The zero-order chi connectivity index (χ0) is 35.1. The van der Waals surface area contributed by atoms with E-state index in [1.807, 2.05) is 27.2 Å². The van der Waals surface area contributed by atoms with Crippen LogP contribution in [0.15, 0.2) is 24.3 Å². The van der Waals surface area contributed by atoms with Crippen LogP contribution in [0.2, 0.25) is 0 Å². The summed E-state index contributed by atoms with van der Waals surface area (Å²) in [6.07, 6.45) is 33.9. The summed E-state index contributed by atoms with van der Waals surface area (Å²) in [4.78, 5) is 22.9. The topological polar surface area (TPSA) is 105 Å². The zero-order valence-corrected chi connectivity index (χ0v) is 32.2.